The van der Waals surface area contributed by atoms with Gasteiger partial charge in [0.1, 0.15) is 11.4 Å². The number of amides is 1. The Morgan fingerprint density at radius 2 is 2.00 bits per heavy atom. The van der Waals surface area contributed by atoms with Gasteiger partial charge in [0, 0.05) is 9.26 Å². The maximum absolute atomic E-state index is 12.1. The highest BCUT2D eigenvalue weighted by Gasteiger charge is 2.14. The monoisotopic (exact) mass is 467 g/mol. The molecule has 1 aromatic heterocycles. The van der Waals surface area contributed by atoms with Crippen LogP contribution in [0, 0.1) is 3.57 Å². The van der Waals surface area contributed by atoms with Crippen LogP contribution in [0.1, 0.15) is 0 Å². The largest absolute Gasteiger partial charge is 0.494 e. The van der Waals surface area contributed by atoms with Crippen LogP contribution in [0.2, 0.25) is 0 Å². The number of hydrogen-bond donors (Lipinski definition) is 1. The lowest BCUT2D eigenvalue weighted by Gasteiger charge is -2.09. The molecule has 0 aliphatic rings. The predicted molar refractivity (Wildman–Crippen MR) is 104 cm³/mol. The number of ether oxygens (including phenoxy) is 1. The lowest BCUT2D eigenvalue weighted by atomic mass is 10.3. The molecule has 128 valence electrons. The van der Waals surface area contributed by atoms with Crippen molar-refractivity contribution in [2.24, 2.45) is 0 Å². The Bertz CT molecular complexity index is 869. The van der Waals surface area contributed by atoms with Gasteiger partial charge in [-0.05, 0) is 69.4 Å². The maximum Gasteiger partial charge on any atom is 0.234 e. The molecule has 2 aromatic carbocycles. The molecule has 3 rings (SSSR count). The fourth-order valence-corrected chi connectivity index (χ4v) is 3.13. The summed E-state index contributed by atoms with van der Waals surface area (Å²) in [6, 6.07) is 15.0. The molecule has 0 saturated heterocycles. The van der Waals surface area contributed by atoms with Gasteiger partial charge in [-0.15, -0.1) is 5.10 Å². The zero-order valence-electron chi connectivity index (χ0n) is 13.2. The van der Waals surface area contributed by atoms with Crippen LogP contribution in [-0.4, -0.2) is 39.0 Å². The first kappa shape index (κ1) is 17.7. The first-order chi connectivity index (χ1) is 12.2. The molecule has 3 aromatic rings. The lowest BCUT2D eigenvalue weighted by Crippen LogP contribution is -2.14. The number of tetrazole rings is 1. The van der Waals surface area contributed by atoms with Crippen molar-refractivity contribution < 1.29 is 9.53 Å². The summed E-state index contributed by atoms with van der Waals surface area (Å²) >= 11 is 3.47. The normalized spacial score (nSPS) is 10.5. The van der Waals surface area contributed by atoms with E-state index in [1.54, 1.807) is 11.8 Å². The standard InChI is InChI=1S/C16H14IN5O2S/c1-24-14-5-3-2-4-13(14)22-16(19-20-21-22)25-10-15(23)18-12-8-6-11(17)7-9-12/h2-9H,10H2,1H3,(H,18,23). The summed E-state index contributed by atoms with van der Waals surface area (Å²) in [5.74, 6) is 0.724. The number of hydrogen-bond acceptors (Lipinski definition) is 6. The number of carbonyl (C=O) groups is 1. The van der Waals surface area contributed by atoms with Crippen LogP contribution in [0.25, 0.3) is 5.69 Å². The van der Waals surface area contributed by atoms with Crippen LogP contribution >= 0.6 is 34.4 Å². The number of thioether (sulfide) groups is 1. The molecule has 0 unspecified atom stereocenters. The maximum atomic E-state index is 12.1. The average molecular weight is 467 g/mol. The van der Waals surface area contributed by atoms with E-state index in [-0.39, 0.29) is 11.7 Å². The average Bonchev–Trinajstić information content (AvgIpc) is 3.10. The van der Waals surface area contributed by atoms with Crippen LogP contribution in [0.3, 0.4) is 0 Å². The molecule has 0 bridgehead atoms. The number of rotatable bonds is 6. The highest BCUT2D eigenvalue weighted by Crippen LogP contribution is 2.25. The molecule has 0 spiro atoms. The van der Waals surface area contributed by atoms with Gasteiger partial charge in [0.05, 0.1) is 12.9 Å². The molecular formula is C16H14IN5O2S. The van der Waals surface area contributed by atoms with Crippen molar-refractivity contribution in [2.45, 2.75) is 5.16 Å². The van der Waals surface area contributed by atoms with Gasteiger partial charge in [-0.1, -0.05) is 23.9 Å². The second-order valence-corrected chi connectivity index (χ2v) is 7.08. The lowest BCUT2D eigenvalue weighted by molar-refractivity contribution is -0.113. The summed E-state index contributed by atoms with van der Waals surface area (Å²) < 4.78 is 8.00. The number of benzene rings is 2. The van der Waals surface area contributed by atoms with E-state index in [0.717, 1.165) is 14.9 Å². The third-order valence-corrected chi connectivity index (χ3v) is 4.85. The highest BCUT2D eigenvalue weighted by molar-refractivity contribution is 14.1. The Labute approximate surface area is 162 Å². The van der Waals surface area contributed by atoms with E-state index in [1.807, 2.05) is 48.5 Å². The molecule has 1 N–H and O–H groups in total. The summed E-state index contributed by atoms with van der Waals surface area (Å²) in [7, 11) is 1.59. The molecule has 0 aliphatic heterocycles. The molecule has 1 heterocycles. The van der Waals surface area contributed by atoms with Crippen LogP contribution in [0.4, 0.5) is 5.69 Å². The minimum Gasteiger partial charge on any atom is -0.494 e. The molecule has 25 heavy (non-hydrogen) atoms. The van der Waals surface area contributed by atoms with Gasteiger partial charge in [-0.25, -0.2) is 0 Å². The number of para-hydroxylation sites is 2. The smallest absolute Gasteiger partial charge is 0.234 e. The van der Waals surface area contributed by atoms with Crippen molar-refractivity contribution in [1.29, 1.82) is 0 Å². The van der Waals surface area contributed by atoms with E-state index in [2.05, 4.69) is 43.4 Å². The van der Waals surface area contributed by atoms with Gasteiger partial charge in [0.2, 0.25) is 11.1 Å². The quantitative estimate of drug-likeness (QED) is 0.444. The molecule has 0 aliphatic carbocycles. The van der Waals surface area contributed by atoms with Gasteiger partial charge in [-0.2, -0.15) is 4.68 Å². The van der Waals surface area contributed by atoms with E-state index in [0.29, 0.717) is 10.9 Å². The number of anilines is 1. The summed E-state index contributed by atoms with van der Waals surface area (Å²) in [6.07, 6.45) is 0. The van der Waals surface area contributed by atoms with Crippen LogP contribution in [0.5, 0.6) is 5.75 Å². The summed E-state index contributed by atoms with van der Waals surface area (Å²) in [5.41, 5.74) is 1.48. The Hall–Kier alpha value is -2.14. The first-order valence-electron chi connectivity index (χ1n) is 7.27. The van der Waals surface area contributed by atoms with E-state index in [4.69, 9.17) is 4.74 Å². The third-order valence-electron chi connectivity index (χ3n) is 3.21. The molecule has 0 saturated carbocycles. The molecule has 0 radical (unpaired) electrons. The van der Waals surface area contributed by atoms with Crippen LogP contribution in [0.15, 0.2) is 53.7 Å². The highest BCUT2D eigenvalue weighted by atomic mass is 127. The molecule has 0 fully saturated rings. The number of carbonyl (C=O) groups excluding carboxylic acids is 1. The van der Waals surface area contributed by atoms with E-state index >= 15 is 0 Å². The van der Waals surface area contributed by atoms with Gasteiger partial charge in [0.25, 0.3) is 0 Å². The Morgan fingerprint density at radius 3 is 2.76 bits per heavy atom. The van der Waals surface area contributed by atoms with Crippen molar-refractivity contribution in [1.82, 2.24) is 20.2 Å². The number of halogens is 1. The van der Waals surface area contributed by atoms with Crippen molar-refractivity contribution in [3.8, 4) is 11.4 Å². The number of aromatic nitrogens is 4. The van der Waals surface area contributed by atoms with E-state index in [1.165, 1.54) is 11.8 Å². The van der Waals surface area contributed by atoms with Gasteiger partial charge in [0.15, 0.2) is 0 Å². The fourth-order valence-electron chi connectivity index (χ4n) is 2.09. The SMILES string of the molecule is COc1ccccc1-n1nnnc1SCC(=O)Nc1ccc(I)cc1. The van der Waals surface area contributed by atoms with E-state index in [9.17, 15) is 4.79 Å². The summed E-state index contributed by atoms with van der Waals surface area (Å²) in [6.45, 7) is 0. The predicted octanol–water partition coefficient (Wildman–Crippen LogP) is 3.01. The fraction of sp³-hybridized carbons (Fsp3) is 0.125. The minimum absolute atomic E-state index is 0.124. The van der Waals surface area contributed by atoms with Gasteiger partial charge in [-0.3, -0.25) is 4.79 Å². The second-order valence-electron chi connectivity index (χ2n) is 4.89. The molecule has 9 heteroatoms. The number of nitrogens with one attached hydrogen (secondary N) is 1. The third kappa shape index (κ3) is 4.48. The zero-order valence-corrected chi connectivity index (χ0v) is 16.2. The first-order valence-corrected chi connectivity index (χ1v) is 9.34. The van der Waals surface area contributed by atoms with Gasteiger partial charge >= 0.3 is 0 Å². The Balaban J connectivity index is 1.67. The van der Waals surface area contributed by atoms with Crippen molar-refractivity contribution in [3.05, 3.63) is 52.1 Å². The minimum atomic E-state index is -0.124. The number of nitrogens with zero attached hydrogens (tertiary/aromatic N) is 4. The van der Waals surface area contributed by atoms with E-state index < -0.39 is 0 Å². The number of methoxy groups -OCH3 is 1. The van der Waals surface area contributed by atoms with Crippen molar-refractivity contribution >= 4 is 45.9 Å². The Kier molecular flexibility index (Phi) is 5.87. The topological polar surface area (TPSA) is 81.9 Å². The van der Waals surface area contributed by atoms with Crippen LogP contribution < -0.4 is 10.1 Å². The second kappa shape index (κ2) is 8.30. The zero-order chi connectivity index (χ0) is 17.6. The molecule has 1 amide bonds. The molecular weight excluding hydrogens is 453 g/mol. The van der Waals surface area contributed by atoms with Crippen molar-refractivity contribution in [3.63, 3.8) is 0 Å². The summed E-state index contributed by atoms with van der Waals surface area (Å²) in [5, 5.41) is 15.0. The summed E-state index contributed by atoms with van der Waals surface area (Å²) in [4.78, 5) is 12.1. The molecule has 0 atom stereocenters. The van der Waals surface area contributed by atoms with Crippen LogP contribution in [-0.2, 0) is 4.79 Å². The Morgan fingerprint density at radius 1 is 1.24 bits per heavy atom. The van der Waals surface area contributed by atoms with Crippen molar-refractivity contribution in [2.75, 3.05) is 18.2 Å². The molecule has 7 nitrogen and oxygen atoms in total. The van der Waals surface area contributed by atoms with Gasteiger partial charge < -0.3 is 10.1 Å².